The number of nitrogens with zero attached hydrogens (tertiary/aromatic N) is 2. The fourth-order valence-electron chi connectivity index (χ4n) is 1.67. The van der Waals surface area contributed by atoms with Gasteiger partial charge in [-0.2, -0.15) is 0 Å². The minimum Gasteiger partial charge on any atom is -0.820 e. The van der Waals surface area contributed by atoms with E-state index in [1.54, 1.807) is 0 Å². The van der Waals surface area contributed by atoms with Gasteiger partial charge in [-0.05, 0) is 32.8 Å². The standard InChI is InChI=1S/C12H9N3O2S2/c1-7(16)13-11-14-15-10(17)9(18-12(15)19-11)8-5-3-2-4-6-8/h2-6H,1H3,(H-,13,14,16,17). The molecule has 7 heteroatoms. The largest absolute Gasteiger partial charge is 0.820 e. The molecule has 1 aromatic carbocycles. The van der Waals surface area contributed by atoms with Crippen LogP contribution in [-0.4, -0.2) is 11.0 Å². The number of anilines is 1. The zero-order valence-electron chi connectivity index (χ0n) is 9.91. The zero-order valence-corrected chi connectivity index (χ0v) is 11.5. The maximum atomic E-state index is 12.2. The van der Waals surface area contributed by atoms with Crippen molar-refractivity contribution >= 4 is 37.9 Å². The fraction of sp³-hybridized carbons (Fsp3) is 0.0833. The number of hydrogen-bond donors (Lipinski definition) is 1. The average molecular weight is 291 g/mol. The molecule has 0 spiro atoms. The molecule has 2 aromatic heterocycles. The van der Waals surface area contributed by atoms with Crippen LogP contribution < -0.4 is 14.9 Å². The molecule has 96 valence electrons. The van der Waals surface area contributed by atoms with Gasteiger partial charge in [0.15, 0.2) is 0 Å². The van der Waals surface area contributed by atoms with E-state index in [9.17, 15) is 9.90 Å². The number of thiazole rings is 1. The molecule has 3 aromatic rings. The molecule has 1 N–H and O–H groups in total. The van der Waals surface area contributed by atoms with Crippen molar-refractivity contribution in [2.75, 3.05) is 5.32 Å². The predicted molar refractivity (Wildman–Crippen MR) is 72.3 cm³/mol. The average Bonchev–Trinajstić information content (AvgIpc) is 2.90. The Labute approximate surface area is 116 Å². The topological polar surface area (TPSA) is 69.2 Å². The monoisotopic (exact) mass is 291 g/mol. The van der Waals surface area contributed by atoms with E-state index < -0.39 is 0 Å². The van der Waals surface area contributed by atoms with Crippen molar-refractivity contribution in [2.24, 2.45) is 0 Å². The third-order valence-corrected chi connectivity index (χ3v) is 4.63. The van der Waals surface area contributed by atoms with Gasteiger partial charge in [0, 0.05) is 12.0 Å². The number of hydrogen-bond acceptors (Lipinski definition) is 5. The van der Waals surface area contributed by atoms with Crippen LogP contribution in [0.25, 0.3) is 14.6 Å². The zero-order chi connectivity index (χ0) is 13.4. The lowest BCUT2D eigenvalue weighted by atomic mass is 10.2. The van der Waals surface area contributed by atoms with Crippen LogP contribution in [0.5, 0.6) is 5.88 Å². The van der Waals surface area contributed by atoms with E-state index in [1.807, 2.05) is 30.3 Å². The van der Waals surface area contributed by atoms with Crippen LogP contribution in [0.4, 0.5) is 5.13 Å². The normalized spacial score (nSPS) is 10.8. The quantitative estimate of drug-likeness (QED) is 0.730. The van der Waals surface area contributed by atoms with Gasteiger partial charge in [0.2, 0.25) is 11.8 Å². The molecule has 0 saturated heterocycles. The maximum absolute atomic E-state index is 12.2. The molecule has 0 aliphatic heterocycles. The van der Waals surface area contributed by atoms with E-state index in [0.717, 1.165) is 9.71 Å². The van der Waals surface area contributed by atoms with Gasteiger partial charge in [0.05, 0.1) is 0 Å². The number of nitrogens with one attached hydrogen (secondary N) is 1. The van der Waals surface area contributed by atoms with Crippen molar-refractivity contribution in [3.05, 3.63) is 30.3 Å². The Morgan fingerprint density at radius 1 is 1.32 bits per heavy atom. The number of aromatic nitrogens is 2. The molecule has 0 aliphatic carbocycles. The van der Waals surface area contributed by atoms with E-state index in [4.69, 9.17) is 0 Å². The molecule has 5 nitrogen and oxygen atoms in total. The van der Waals surface area contributed by atoms with Gasteiger partial charge in [-0.1, -0.05) is 30.3 Å². The van der Waals surface area contributed by atoms with Gasteiger partial charge in [0.25, 0.3) is 5.13 Å². The minimum atomic E-state index is -0.197. The molecule has 0 fully saturated rings. The molecular weight excluding hydrogens is 282 g/mol. The summed E-state index contributed by atoms with van der Waals surface area (Å²) in [6.07, 6.45) is 0. The summed E-state index contributed by atoms with van der Waals surface area (Å²) < 4.78 is 2.09. The molecule has 0 unspecified atom stereocenters. The van der Waals surface area contributed by atoms with Crippen LogP contribution in [-0.2, 0) is 4.79 Å². The Bertz CT molecular complexity index is 749. The SMILES string of the molecule is CC(=O)Nc1n[n+]2c([O-])c(-c3ccccc3)sc2s1. The second-order valence-electron chi connectivity index (χ2n) is 3.87. The Morgan fingerprint density at radius 2 is 2.05 bits per heavy atom. The highest BCUT2D eigenvalue weighted by molar-refractivity contribution is 7.38. The van der Waals surface area contributed by atoms with Crippen LogP contribution in [0, 0.1) is 0 Å². The van der Waals surface area contributed by atoms with Gasteiger partial charge in [0.1, 0.15) is 4.88 Å². The summed E-state index contributed by atoms with van der Waals surface area (Å²) in [5, 5.41) is 19.4. The number of amides is 1. The second-order valence-corrected chi connectivity index (χ2v) is 6.10. The Hall–Kier alpha value is -1.99. The summed E-state index contributed by atoms with van der Waals surface area (Å²) in [5.41, 5.74) is 0.885. The minimum absolute atomic E-state index is 0.154. The van der Waals surface area contributed by atoms with Crippen LogP contribution in [0.2, 0.25) is 0 Å². The van der Waals surface area contributed by atoms with Crippen molar-refractivity contribution in [1.82, 2.24) is 5.10 Å². The first-order valence-electron chi connectivity index (χ1n) is 5.51. The van der Waals surface area contributed by atoms with E-state index in [0.29, 0.717) is 10.0 Å². The van der Waals surface area contributed by atoms with Crippen molar-refractivity contribution in [2.45, 2.75) is 6.92 Å². The van der Waals surface area contributed by atoms with E-state index >= 15 is 0 Å². The lowest BCUT2D eigenvalue weighted by Crippen LogP contribution is -2.25. The van der Waals surface area contributed by atoms with Crippen molar-refractivity contribution < 1.29 is 14.4 Å². The Morgan fingerprint density at radius 3 is 2.68 bits per heavy atom. The van der Waals surface area contributed by atoms with Crippen LogP contribution in [0.15, 0.2) is 30.3 Å². The maximum Gasteiger partial charge on any atom is 0.354 e. The number of fused-ring (bicyclic) bond motifs is 1. The first-order chi connectivity index (χ1) is 9.15. The highest BCUT2D eigenvalue weighted by atomic mass is 32.2. The van der Waals surface area contributed by atoms with Crippen LogP contribution >= 0.6 is 22.7 Å². The molecule has 0 atom stereocenters. The van der Waals surface area contributed by atoms with Crippen LogP contribution in [0.1, 0.15) is 6.92 Å². The summed E-state index contributed by atoms with van der Waals surface area (Å²) in [7, 11) is 0. The third kappa shape index (κ3) is 2.18. The summed E-state index contributed by atoms with van der Waals surface area (Å²) in [6.45, 7) is 1.41. The highest BCUT2D eigenvalue weighted by Crippen LogP contribution is 2.35. The Kier molecular flexibility index (Phi) is 2.92. The van der Waals surface area contributed by atoms with E-state index in [1.165, 1.54) is 34.1 Å². The lowest BCUT2D eigenvalue weighted by Gasteiger charge is -1.99. The molecule has 0 saturated carbocycles. The van der Waals surface area contributed by atoms with Gasteiger partial charge in [-0.3, -0.25) is 10.1 Å². The summed E-state index contributed by atoms with van der Waals surface area (Å²) in [4.78, 5) is 11.6. The molecule has 0 bridgehead atoms. The van der Waals surface area contributed by atoms with Gasteiger partial charge in [-0.25, -0.2) is 0 Å². The van der Waals surface area contributed by atoms with Crippen molar-refractivity contribution in [3.8, 4) is 16.3 Å². The molecule has 0 aliphatic rings. The first kappa shape index (κ1) is 12.1. The summed E-state index contributed by atoms with van der Waals surface area (Å²) in [5.74, 6) is -0.350. The summed E-state index contributed by atoms with van der Waals surface area (Å²) in [6, 6.07) is 9.48. The molecule has 3 rings (SSSR count). The second kappa shape index (κ2) is 4.60. The van der Waals surface area contributed by atoms with Gasteiger partial charge in [-0.15, -0.1) is 0 Å². The number of carbonyl (C=O) groups excluding carboxylic acids is 1. The summed E-state index contributed by atoms with van der Waals surface area (Å²) >= 11 is 2.67. The molecule has 0 radical (unpaired) electrons. The van der Waals surface area contributed by atoms with E-state index in [2.05, 4.69) is 10.4 Å². The lowest BCUT2D eigenvalue weighted by molar-refractivity contribution is -0.628. The van der Waals surface area contributed by atoms with Crippen LogP contribution in [0.3, 0.4) is 0 Å². The molecule has 19 heavy (non-hydrogen) atoms. The molecular formula is C12H9N3O2S2. The van der Waals surface area contributed by atoms with Gasteiger partial charge < -0.3 is 5.11 Å². The first-order valence-corrected chi connectivity index (χ1v) is 7.14. The smallest absolute Gasteiger partial charge is 0.354 e. The Balaban J connectivity index is 2.08. The fourth-order valence-corrected chi connectivity index (χ4v) is 3.83. The van der Waals surface area contributed by atoms with Gasteiger partial charge >= 0.3 is 4.14 Å². The number of benzene rings is 1. The third-order valence-electron chi connectivity index (χ3n) is 2.44. The predicted octanol–water partition coefficient (Wildman–Crippen LogP) is 1.64. The van der Waals surface area contributed by atoms with Crippen molar-refractivity contribution in [3.63, 3.8) is 0 Å². The highest BCUT2D eigenvalue weighted by Gasteiger charge is 2.21. The van der Waals surface area contributed by atoms with E-state index in [-0.39, 0.29) is 11.8 Å². The molecule has 2 heterocycles. The van der Waals surface area contributed by atoms with Crippen molar-refractivity contribution in [1.29, 1.82) is 0 Å². The molecule has 1 amide bonds. The number of carbonyl (C=O) groups is 1. The number of rotatable bonds is 2.